The summed E-state index contributed by atoms with van der Waals surface area (Å²) in [4.78, 5) is 12.7. The van der Waals surface area contributed by atoms with Gasteiger partial charge in [0.2, 0.25) is 0 Å². The average molecular weight is 456 g/mol. The molecule has 2 aromatic carbocycles. The van der Waals surface area contributed by atoms with Crippen LogP contribution in [0.25, 0.3) is 0 Å². The lowest BCUT2D eigenvalue weighted by atomic mass is 9.92. The number of benzene rings is 2. The molecule has 1 unspecified atom stereocenters. The zero-order chi connectivity index (χ0) is 20.3. The molecule has 0 saturated carbocycles. The van der Waals surface area contributed by atoms with Gasteiger partial charge in [0.15, 0.2) is 0 Å². The van der Waals surface area contributed by atoms with Gasteiger partial charge in [-0.2, -0.15) is 13.2 Å². The van der Waals surface area contributed by atoms with E-state index in [-0.39, 0.29) is 19.0 Å². The van der Waals surface area contributed by atoms with Gasteiger partial charge in [-0.1, -0.05) is 37.3 Å². The maximum absolute atomic E-state index is 12.9. The highest BCUT2D eigenvalue weighted by atomic mass is 79.9. The Kier molecular flexibility index (Phi) is 6.33. The number of carbonyl (C=O) groups excluding carboxylic acids is 1. The number of hydrogen-bond donors (Lipinski definition) is 0. The first kappa shape index (κ1) is 20.7. The molecule has 1 aliphatic heterocycles. The van der Waals surface area contributed by atoms with Gasteiger partial charge in [-0.25, -0.2) is 0 Å². The minimum Gasteiger partial charge on any atom is -0.488 e. The number of carbonyl (C=O) groups is 1. The third kappa shape index (κ3) is 4.69. The Balaban J connectivity index is 1.83. The molecule has 2 aromatic rings. The fourth-order valence-corrected chi connectivity index (χ4v) is 3.95. The molecule has 0 bridgehead atoms. The predicted octanol–water partition coefficient (Wildman–Crippen LogP) is 5.47. The molecular weight excluding hydrogens is 435 g/mol. The van der Waals surface area contributed by atoms with E-state index in [0.29, 0.717) is 25.2 Å². The van der Waals surface area contributed by atoms with Gasteiger partial charge >= 0.3 is 12.1 Å². The Morgan fingerprint density at radius 2 is 1.96 bits per heavy atom. The highest BCUT2D eigenvalue weighted by Gasteiger charge is 2.43. The second-order valence-electron chi connectivity index (χ2n) is 6.86. The topological polar surface area (TPSA) is 29.5 Å². The molecule has 7 heteroatoms. The molecule has 0 aliphatic carbocycles. The molecule has 3 rings (SSSR count). The molecule has 1 aliphatic rings. The third-order valence-corrected chi connectivity index (χ3v) is 5.60. The molecule has 150 valence electrons. The van der Waals surface area contributed by atoms with Gasteiger partial charge in [0.25, 0.3) is 0 Å². The van der Waals surface area contributed by atoms with Gasteiger partial charge in [0, 0.05) is 19.0 Å². The fraction of sp³-hybridized carbons (Fsp3) is 0.381. The van der Waals surface area contributed by atoms with Crippen molar-refractivity contribution < 1.29 is 22.7 Å². The molecule has 1 atom stereocenters. The molecule has 0 aromatic heterocycles. The first-order valence-electron chi connectivity index (χ1n) is 9.14. The van der Waals surface area contributed by atoms with E-state index in [1.807, 2.05) is 49.4 Å². The molecule has 0 fully saturated rings. The zero-order valence-electron chi connectivity index (χ0n) is 15.4. The number of alkyl halides is 3. The van der Waals surface area contributed by atoms with E-state index in [4.69, 9.17) is 4.74 Å². The minimum absolute atomic E-state index is 0.0433. The quantitative estimate of drug-likeness (QED) is 0.611. The first-order valence-corrected chi connectivity index (χ1v) is 9.94. The van der Waals surface area contributed by atoms with Crippen molar-refractivity contribution in [2.75, 3.05) is 13.1 Å². The van der Waals surface area contributed by atoms with Crippen molar-refractivity contribution in [1.29, 1.82) is 0 Å². The molecule has 28 heavy (non-hydrogen) atoms. The lowest BCUT2D eigenvalue weighted by Crippen LogP contribution is -2.43. The SMILES string of the molecule is CCC1CN(C(=O)C(F)(F)F)CCc2cc(OCc3ccccc3)c(Br)cc21. The van der Waals surface area contributed by atoms with Gasteiger partial charge in [0.05, 0.1) is 4.47 Å². The summed E-state index contributed by atoms with van der Waals surface area (Å²) in [6.45, 7) is 2.43. The van der Waals surface area contributed by atoms with Crippen LogP contribution in [0.15, 0.2) is 46.9 Å². The van der Waals surface area contributed by atoms with Crippen molar-refractivity contribution in [2.45, 2.75) is 38.5 Å². The maximum Gasteiger partial charge on any atom is 0.471 e. The summed E-state index contributed by atoms with van der Waals surface area (Å²) in [5.74, 6) is -1.27. The fourth-order valence-electron chi connectivity index (χ4n) is 3.48. The second kappa shape index (κ2) is 8.55. The van der Waals surface area contributed by atoms with Crippen LogP contribution in [0.1, 0.15) is 36.0 Å². The van der Waals surface area contributed by atoms with Crippen molar-refractivity contribution in [1.82, 2.24) is 4.90 Å². The molecule has 0 spiro atoms. The number of halogens is 4. The lowest BCUT2D eigenvalue weighted by molar-refractivity contribution is -0.185. The van der Waals surface area contributed by atoms with Crippen molar-refractivity contribution in [3.8, 4) is 5.75 Å². The third-order valence-electron chi connectivity index (χ3n) is 4.99. The zero-order valence-corrected chi connectivity index (χ0v) is 17.0. The van der Waals surface area contributed by atoms with Crippen molar-refractivity contribution in [3.63, 3.8) is 0 Å². The van der Waals surface area contributed by atoms with Crippen LogP contribution in [0.2, 0.25) is 0 Å². The summed E-state index contributed by atoms with van der Waals surface area (Å²) in [7, 11) is 0. The Labute approximate surface area is 170 Å². The highest BCUT2D eigenvalue weighted by Crippen LogP contribution is 2.37. The molecule has 1 amide bonds. The van der Waals surface area contributed by atoms with Gasteiger partial charge in [-0.05, 0) is 57.6 Å². The monoisotopic (exact) mass is 455 g/mol. The summed E-state index contributed by atoms with van der Waals surface area (Å²) in [5, 5.41) is 0. The van der Waals surface area contributed by atoms with Gasteiger partial charge < -0.3 is 9.64 Å². The van der Waals surface area contributed by atoms with Gasteiger partial charge in [-0.15, -0.1) is 0 Å². The molecule has 0 radical (unpaired) electrons. The Morgan fingerprint density at radius 1 is 1.25 bits per heavy atom. The highest BCUT2D eigenvalue weighted by molar-refractivity contribution is 9.10. The molecule has 0 N–H and O–H groups in total. The van der Waals surface area contributed by atoms with Crippen LogP contribution in [-0.4, -0.2) is 30.1 Å². The van der Waals surface area contributed by atoms with Crippen LogP contribution in [0, 0.1) is 0 Å². The summed E-state index contributed by atoms with van der Waals surface area (Å²) < 4.78 is 45.4. The van der Waals surface area contributed by atoms with Crippen LogP contribution in [0.3, 0.4) is 0 Å². The molecular formula is C21H21BrF3NO2. The Bertz CT molecular complexity index is 840. The van der Waals surface area contributed by atoms with Crippen LogP contribution in [0.4, 0.5) is 13.2 Å². The van der Waals surface area contributed by atoms with Crippen LogP contribution in [0.5, 0.6) is 5.75 Å². The van der Waals surface area contributed by atoms with E-state index in [2.05, 4.69) is 15.9 Å². The van der Waals surface area contributed by atoms with E-state index >= 15 is 0 Å². The number of fused-ring (bicyclic) bond motifs is 1. The number of amides is 1. The maximum atomic E-state index is 12.9. The summed E-state index contributed by atoms with van der Waals surface area (Å²) in [5.41, 5.74) is 2.92. The normalized spacial score (nSPS) is 17.0. The largest absolute Gasteiger partial charge is 0.488 e. The van der Waals surface area contributed by atoms with Gasteiger partial charge in [-0.3, -0.25) is 4.79 Å². The van der Waals surface area contributed by atoms with Crippen molar-refractivity contribution in [2.24, 2.45) is 0 Å². The van der Waals surface area contributed by atoms with Crippen molar-refractivity contribution >= 4 is 21.8 Å². The van der Waals surface area contributed by atoms with E-state index in [1.165, 1.54) is 0 Å². The first-order chi connectivity index (χ1) is 13.3. The standard InChI is InChI=1S/C21H21BrF3NO2/c1-2-15-12-26(20(27)21(23,24)25)9-8-16-10-19(18(22)11-17(15)16)28-13-14-6-4-3-5-7-14/h3-7,10-11,15H,2,8-9,12-13H2,1H3. The average Bonchev–Trinajstić information content (AvgIpc) is 2.84. The van der Waals surface area contributed by atoms with E-state index in [1.54, 1.807) is 0 Å². The lowest BCUT2D eigenvalue weighted by Gasteiger charge is -2.25. The number of ether oxygens (including phenoxy) is 1. The minimum atomic E-state index is -4.85. The molecule has 1 heterocycles. The second-order valence-corrected chi connectivity index (χ2v) is 7.71. The summed E-state index contributed by atoms with van der Waals surface area (Å²) >= 11 is 3.52. The van der Waals surface area contributed by atoms with E-state index in [9.17, 15) is 18.0 Å². The number of hydrogen-bond acceptors (Lipinski definition) is 2. The van der Waals surface area contributed by atoms with E-state index in [0.717, 1.165) is 26.1 Å². The van der Waals surface area contributed by atoms with Gasteiger partial charge in [0.1, 0.15) is 12.4 Å². The van der Waals surface area contributed by atoms with Crippen LogP contribution < -0.4 is 4.74 Å². The smallest absolute Gasteiger partial charge is 0.471 e. The van der Waals surface area contributed by atoms with Crippen LogP contribution in [-0.2, 0) is 17.8 Å². The number of rotatable bonds is 4. The molecule has 0 saturated heterocycles. The Morgan fingerprint density at radius 3 is 2.61 bits per heavy atom. The molecule has 3 nitrogen and oxygen atoms in total. The Hall–Kier alpha value is -2.02. The predicted molar refractivity (Wildman–Crippen MR) is 104 cm³/mol. The van der Waals surface area contributed by atoms with E-state index < -0.39 is 12.1 Å². The number of nitrogens with zero attached hydrogens (tertiary/aromatic N) is 1. The van der Waals surface area contributed by atoms with Crippen molar-refractivity contribution in [3.05, 3.63) is 63.6 Å². The summed E-state index contributed by atoms with van der Waals surface area (Å²) in [6, 6.07) is 13.5. The van der Waals surface area contributed by atoms with Crippen LogP contribution >= 0.6 is 15.9 Å². The summed E-state index contributed by atoms with van der Waals surface area (Å²) in [6.07, 6.45) is -3.84.